The zero-order valence-electron chi connectivity index (χ0n) is 11.9. The lowest BCUT2D eigenvalue weighted by atomic mass is 9.83. The zero-order chi connectivity index (χ0) is 13.3. The van der Waals surface area contributed by atoms with E-state index in [4.69, 9.17) is 5.73 Å². The molecule has 0 aliphatic carbocycles. The maximum atomic E-state index is 5.88. The normalized spacial score (nSPS) is 19.3. The largest absolute Gasteiger partial charge is 0.384 e. The van der Waals surface area contributed by atoms with Crippen LogP contribution in [0.25, 0.3) is 0 Å². The van der Waals surface area contributed by atoms with Crippen LogP contribution in [0.2, 0.25) is 0 Å². The van der Waals surface area contributed by atoms with E-state index in [0.717, 1.165) is 24.7 Å². The predicted molar refractivity (Wildman–Crippen MR) is 75.8 cm³/mol. The number of piperidine rings is 1. The molecule has 1 saturated heterocycles. The van der Waals surface area contributed by atoms with E-state index in [1.54, 1.807) is 0 Å². The summed E-state index contributed by atoms with van der Waals surface area (Å²) in [5.74, 6) is 2.72. The van der Waals surface area contributed by atoms with Gasteiger partial charge in [0.25, 0.3) is 0 Å². The van der Waals surface area contributed by atoms with Crippen molar-refractivity contribution in [2.75, 3.05) is 23.7 Å². The molecule has 4 nitrogen and oxygen atoms in total. The number of anilines is 2. The highest BCUT2D eigenvalue weighted by Crippen LogP contribution is 2.32. The lowest BCUT2D eigenvalue weighted by molar-refractivity contribution is 0.279. The summed E-state index contributed by atoms with van der Waals surface area (Å²) in [7, 11) is 0. The number of nitrogens with zero attached hydrogens (tertiary/aromatic N) is 3. The number of hydrogen-bond acceptors (Lipinski definition) is 4. The molecule has 0 bridgehead atoms. The summed E-state index contributed by atoms with van der Waals surface area (Å²) in [5.41, 5.74) is 6.33. The van der Waals surface area contributed by atoms with E-state index in [0.29, 0.717) is 17.2 Å². The SMILES string of the molecule is CC(C)c1nc(N)cc(N2CCC(C)(C)CC2)n1. The Kier molecular flexibility index (Phi) is 3.46. The van der Waals surface area contributed by atoms with Crippen LogP contribution in [0.1, 0.15) is 52.3 Å². The molecule has 0 saturated carbocycles. The quantitative estimate of drug-likeness (QED) is 0.874. The lowest BCUT2D eigenvalue weighted by Gasteiger charge is -2.37. The summed E-state index contributed by atoms with van der Waals surface area (Å²) in [5, 5.41) is 0. The molecule has 0 atom stereocenters. The van der Waals surface area contributed by atoms with Crippen molar-refractivity contribution < 1.29 is 0 Å². The summed E-state index contributed by atoms with van der Waals surface area (Å²) < 4.78 is 0. The van der Waals surface area contributed by atoms with Gasteiger partial charge < -0.3 is 10.6 Å². The van der Waals surface area contributed by atoms with Crippen molar-refractivity contribution in [3.63, 3.8) is 0 Å². The van der Waals surface area contributed by atoms with Crippen molar-refractivity contribution >= 4 is 11.6 Å². The van der Waals surface area contributed by atoms with E-state index in [-0.39, 0.29) is 0 Å². The Labute approximate surface area is 110 Å². The second-order valence-electron chi connectivity index (χ2n) is 6.32. The van der Waals surface area contributed by atoms with Gasteiger partial charge in [0, 0.05) is 25.1 Å². The highest BCUT2D eigenvalue weighted by atomic mass is 15.2. The Balaban J connectivity index is 2.19. The molecule has 2 rings (SSSR count). The van der Waals surface area contributed by atoms with E-state index in [1.165, 1.54) is 12.8 Å². The summed E-state index contributed by atoms with van der Waals surface area (Å²) in [4.78, 5) is 11.3. The van der Waals surface area contributed by atoms with Crippen LogP contribution >= 0.6 is 0 Å². The summed E-state index contributed by atoms with van der Waals surface area (Å²) in [6, 6.07) is 1.89. The van der Waals surface area contributed by atoms with Crippen LogP contribution in [-0.4, -0.2) is 23.1 Å². The minimum absolute atomic E-state index is 0.313. The third kappa shape index (κ3) is 2.92. The molecule has 0 radical (unpaired) electrons. The number of hydrogen-bond donors (Lipinski definition) is 1. The third-order valence-corrected chi connectivity index (χ3v) is 3.71. The van der Waals surface area contributed by atoms with Crippen LogP contribution in [0.3, 0.4) is 0 Å². The highest BCUT2D eigenvalue weighted by molar-refractivity contribution is 5.47. The van der Waals surface area contributed by atoms with Crippen LogP contribution in [0.15, 0.2) is 6.07 Å². The van der Waals surface area contributed by atoms with E-state index >= 15 is 0 Å². The van der Waals surface area contributed by atoms with Gasteiger partial charge in [-0.1, -0.05) is 27.7 Å². The van der Waals surface area contributed by atoms with Gasteiger partial charge in [0.05, 0.1) is 0 Å². The molecule has 0 unspecified atom stereocenters. The average Bonchev–Trinajstić information content (AvgIpc) is 2.28. The second kappa shape index (κ2) is 4.75. The van der Waals surface area contributed by atoms with Crippen LogP contribution in [0.5, 0.6) is 0 Å². The molecule has 2 heterocycles. The molecule has 100 valence electrons. The molecule has 0 amide bonds. The van der Waals surface area contributed by atoms with Crippen molar-refractivity contribution in [2.45, 2.75) is 46.5 Å². The molecule has 4 heteroatoms. The first-order chi connectivity index (χ1) is 8.37. The van der Waals surface area contributed by atoms with Crippen molar-refractivity contribution in [3.05, 3.63) is 11.9 Å². The Bertz CT molecular complexity index is 416. The molecular formula is C14H24N4. The molecular weight excluding hydrogens is 224 g/mol. The monoisotopic (exact) mass is 248 g/mol. The topological polar surface area (TPSA) is 55.0 Å². The molecule has 18 heavy (non-hydrogen) atoms. The van der Waals surface area contributed by atoms with Gasteiger partial charge in [0.1, 0.15) is 17.5 Å². The van der Waals surface area contributed by atoms with Crippen LogP contribution in [-0.2, 0) is 0 Å². The summed E-state index contributed by atoms with van der Waals surface area (Å²) in [6.07, 6.45) is 2.40. The smallest absolute Gasteiger partial charge is 0.135 e. The fourth-order valence-corrected chi connectivity index (χ4v) is 2.23. The molecule has 1 aromatic rings. The first kappa shape index (κ1) is 13.1. The number of nitrogens with two attached hydrogens (primary N) is 1. The van der Waals surface area contributed by atoms with E-state index in [2.05, 4.69) is 42.6 Å². The Morgan fingerprint density at radius 3 is 2.39 bits per heavy atom. The highest BCUT2D eigenvalue weighted by Gasteiger charge is 2.26. The van der Waals surface area contributed by atoms with Crippen molar-refractivity contribution in [2.24, 2.45) is 5.41 Å². The minimum Gasteiger partial charge on any atom is -0.384 e. The van der Waals surface area contributed by atoms with Gasteiger partial charge >= 0.3 is 0 Å². The molecule has 2 N–H and O–H groups in total. The molecule has 1 aliphatic rings. The van der Waals surface area contributed by atoms with E-state index in [1.807, 2.05) is 6.07 Å². The fraction of sp³-hybridized carbons (Fsp3) is 0.714. The van der Waals surface area contributed by atoms with Crippen molar-refractivity contribution in [3.8, 4) is 0 Å². The van der Waals surface area contributed by atoms with Crippen LogP contribution in [0.4, 0.5) is 11.6 Å². The van der Waals surface area contributed by atoms with Crippen molar-refractivity contribution in [1.82, 2.24) is 9.97 Å². The Morgan fingerprint density at radius 1 is 1.22 bits per heavy atom. The summed E-state index contributed by atoms with van der Waals surface area (Å²) in [6.45, 7) is 11.0. The molecule has 0 aromatic carbocycles. The number of aromatic nitrogens is 2. The summed E-state index contributed by atoms with van der Waals surface area (Å²) >= 11 is 0. The fourth-order valence-electron chi connectivity index (χ4n) is 2.23. The van der Waals surface area contributed by atoms with Crippen LogP contribution < -0.4 is 10.6 Å². The van der Waals surface area contributed by atoms with Gasteiger partial charge in [0.2, 0.25) is 0 Å². The standard InChI is InChI=1S/C14H24N4/c1-10(2)13-16-11(15)9-12(17-13)18-7-5-14(3,4)6-8-18/h9-10H,5-8H2,1-4H3,(H2,15,16,17). The van der Waals surface area contributed by atoms with Gasteiger partial charge in [-0.3, -0.25) is 0 Å². The third-order valence-electron chi connectivity index (χ3n) is 3.71. The second-order valence-corrected chi connectivity index (χ2v) is 6.32. The Morgan fingerprint density at radius 2 is 1.83 bits per heavy atom. The lowest BCUT2D eigenvalue weighted by Crippen LogP contribution is -2.38. The van der Waals surface area contributed by atoms with Gasteiger partial charge in [0.15, 0.2) is 0 Å². The van der Waals surface area contributed by atoms with E-state index in [9.17, 15) is 0 Å². The number of nitrogen functional groups attached to an aromatic ring is 1. The maximum absolute atomic E-state index is 5.88. The zero-order valence-corrected chi connectivity index (χ0v) is 11.9. The Hall–Kier alpha value is -1.32. The van der Waals surface area contributed by atoms with Crippen molar-refractivity contribution in [1.29, 1.82) is 0 Å². The molecule has 1 aromatic heterocycles. The van der Waals surface area contributed by atoms with Gasteiger partial charge in [-0.05, 0) is 18.3 Å². The first-order valence-corrected chi connectivity index (χ1v) is 6.77. The maximum Gasteiger partial charge on any atom is 0.135 e. The van der Waals surface area contributed by atoms with E-state index < -0.39 is 0 Å². The first-order valence-electron chi connectivity index (χ1n) is 6.77. The van der Waals surface area contributed by atoms with Gasteiger partial charge in [-0.25, -0.2) is 9.97 Å². The van der Waals surface area contributed by atoms with Gasteiger partial charge in [-0.15, -0.1) is 0 Å². The number of rotatable bonds is 2. The molecule has 1 aliphatic heterocycles. The minimum atomic E-state index is 0.313. The average molecular weight is 248 g/mol. The molecule has 1 fully saturated rings. The predicted octanol–water partition coefficient (Wildman–Crippen LogP) is 2.81. The van der Waals surface area contributed by atoms with Gasteiger partial charge in [-0.2, -0.15) is 0 Å². The van der Waals surface area contributed by atoms with Crippen LogP contribution in [0, 0.1) is 5.41 Å². The molecule has 0 spiro atoms.